The third-order valence-electron chi connectivity index (χ3n) is 4.11. The largest absolute Gasteiger partial charge is 0.493 e. The van der Waals surface area contributed by atoms with Crippen LogP contribution >= 0.6 is 11.6 Å². The molecule has 6 heteroatoms. The highest BCUT2D eigenvalue weighted by atomic mass is 35.5. The van der Waals surface area contributed by atoms with E-state index < -0.39 is 0 Å². The third kappa shape index (κ3) is 2.77. The number of rotatable bonds is 3. The number of piperidine rings is 1. The molecule has 0 saturated carbocycles. The van der Waals surface area contributed by atoms with Crippen molar-refractivity contribution in [3.63, 3.8) is 0 Å². The van der Waals surface area contributed by atoms with E-state index in [2.05, 4.69) is 21.8 Å². The van der Waals surface area contributed by atoms with E-state index in [1.54, 1.807) is 14.2 Å². The second kappa shape index (κ2) is 6.16. The van der Waals surface area contributed by atoms with E-state index in [1.807, 2.05) is 12.1 Å². The summed E-state index contributed by atoms with van der Waals surface area (Å²) in [7, 11) is 3.24. The molecule has 0 bridgehead atoms. The van der Waals surface area contributed by atoms with Gasteiger partial charge in [0.05, 0.1) is 19.7 Å². The van der Waals surface area contributed by atoms with Crippen molar-refractivity contribution in [2.24, 2.45) is 5.92 Å². The average molecular weight is 322 g/mol. The van der Waals surface area contributed by atoms with Gasteiger partial charge in [0.15, 0.2) is 11.5 Å². The molecule has 2 heterocycles. The zero-order chi connectivity index (χ0) is 15.7. The summed E-state index contributed by atoms with van der Waals surface area (Å²) in [6.07, 6.45) is 2.42. The maximum atomic E-state index is 6.13. The highest BCUT2D eigenvalue weighted by molar-refractivity contribution is 6.28. The Bertz CT molecular complexity index is 693. The minimum Gasteiger partial charge on any atom is -0.493 e. The summed E-state index contributed by atoms with van der Waals surface area (Å²) in [5.41, 5.74) is 0.769. The topological polar surface area (TPSA) is 47.5 Å². The van der Waals surface area contributed by atoms with Crippen LogP contribution in [0.4, 0.5) is 5.82 Å². The van der Waals surface area contributed by atoms with Crippen LogP contribution in [0.25, 0.3) is 10.9 Å². The van der Waals surface area contributed by atoms with Crippen molar-refractivity contribution in [3.05, 3.63) is 17.4 Å². The Balaban J connectivity index is 2.16. The van der Waals surface area contributed by atoms with Crippen LogP contribution in [0.5, 0.6) is 11.5 Å². The minimum atomic E-state index is 0.257. The molecular weight excluding hydrogens is 302 g/mol. The first-order valence-corrected chi connectivity index (χ1v) is 7.84. The Morgan fingerprint density at radius 3 is 2.59 bits per heavy atom. The van der Waals surface area contributed by atoms with Gasteiger partial charge in [-0.1, -0.05) is 6.92 Å². The predicted molar refractivity (Wildman–Crippen MR) is 88.3 cm³/mol. The molecule has 1 saturated heterocycles. The van der Waals surface area contributed by atoms with E-state index >= 15 is 0 Å². The molecule has 5 nitrogen and oxygen atoms in total. The summed E-state index contributed by atoms with van der Waals surface area (Å²) in [4.78, 5) is 11.1. The molecule has 0 aliphatic carbocycles. The standard InChI is InChI=1S/C16H20ClN3O2/c1-10-5-4-6-20(9-10)15-11-7-13(21-2)14(22-3)8-12(11)18-16(17)19-15/h7-8,10H,4-6,9H2,1-3H3/t10-/m1/s1. The van der Waals surface area contributed by atoms with Gasteiger partial charge in [-0.3, -0.25) is 0 Å². The Kier molecular flexibility index (Phi) is 4.25. The van der Waals surface area contributed by atoms with Crippen LogP contribution in [0, 0.1) is 5.92 Å². The second-order valence-electron chi connectivity index (χ2n) is 5.73. The Hall–Kier alpha value is -1.75. The molecule has 0 N–H and O–H groups in total. The molecule has 1 fully saturated rings. The summed E-state index contributed by atoms with van der Waals surface area (Å²) < 4.78 is 10.8. The molecule has 1 atom stereocenters. The van der Waals surface area contributed by atoms with E-state index in [-0.39, 0.29) is 5.28 Å². The SMILES string of the molecule is COc1cc2nc(Cl)nc(N3CCC[C@@H](C)C3)c2cc1OC. The Labute approximate surface area is 135 Å². The van der Waals surface area contributed by atoms with Gasteiger partial charge >= 0.3 is 0 Å². The van der Waals surface area contributed by atoms with Gasteiger partial charge in [-0.2, -0.15) is 4.98 Å². The van der Waals surface area contributed by atoms with Crippen LogP contribution in [0.1, 0.15) is 19.8 Å². The molecule has 1 aliphatic heterocycles. The van der Waals surface area contributed by atoms with Crippen molar-refractivity contribution in [2.75, 3.05) is 32.2 Å². The molecular formula is C16H20ClN3O2. The molecule has 22 heavy (non-hydrogen) atoms. The summed E-state index contributed by atoms with van der Waals surface area (Å²) in [5.74, 6) is 2.84. The molecule has 0 amide bonds. The molecule has 0 radical (unpaired) electrons. The highest BCUT2D eigenvalue weighted by Gasteiger charge is 2.21. The summed E-state index contributed by atoms with van der Waals surface area (Å²) >= 11 is 6.13. The fourth-order valence-corrected chi connectivity index (χ4v) is 3.21. The lowest BCUT2D eigenvalue weighted by atomic mass is 10.00. The van der Waals surface area contributed by atoms with E-state index in [1.165, 1.54) is 6.42 Å². The van der Waals surface area contributed by atoms with Gasteiger partial charge in [0.25, 0.3) is 0 Å². The predicted octanol–water partition coefficient (Wildman–Crippen LogP) is 3.54. The monoisotopic (exact) mass is 321 g/mol. The average Bonchev–Trinajstić information content (AvgIpc) is 2.52. The molecule has 2 aromatic rings. The van der Waals surface area contributed by atoms with Gasteiger partial charge in [0.1, 0.15) is 5.82 Å². The molecule has 118 valence electrons. The number of nitrogens with zero attached hydrogens (tertiary/aromatic N) is 3. The number of halogens is 1. The number of methoxy groups -OCH3 is 2. The van der Waals surface area contributed by atoms with Crippen molar-refractivity contribution in [1.29, 1.82) is 0 Å². The van der Waals surface area contributed by atoms with E-state index in [4.69, 9.17) is 21.1 Å². The molecule has 3 rings (SSSR count). The van der Waals surface area contributed by atoms with Crippen molar-refractivity contribution < 1.29 is 9.47 Å². The minimum absolute atomic E-state index is 0.257. The number of aromatic nitrogens is 2. The Morgan fingerprint density at radius 1 is 1.18 bits per heavy atom. The molecule has 0 unspecified atom stereocenters. The van der Waals surface area contributed by atoms with Gasteiger partial charge in [0.2, 0.25) is 5.28 Å². The number of hydrogen-bond acceptors (Lipinski definition) is 5. The number of benzene rings is 1. The first kappa shape index (κ1) is 15.2. The molecule has 1 aromatic heterocycles. The maximum absolute atomic E-state index is 6.13. The van der Waals surface area contributed by atoms with Gasteiger partial charge in [-0.25, -0.2) is 4.98 Å². The number of fused-ring (bicyclic) bond motifs is 1. The third-order valence-corrected chi connectivity index (χ3v) is 4.28. The Morgan fingerprint density at radius 2 is 1.91 bits per heavy atom. The summed E-state index contributed by atoms with van der Waals surface area (Å²) in [6, 6.07) is 3.78. The van der Waals surface area contributed by atoms with Gasteiger partial charge < -0.3 is 14.4 Å². The van der Waals surface area contributed by atoms with E-state index in [9.17, 15) is 0 Å². The quantitative estimate of drug-likeness (QED) is 0.809. The van der Waals surface area contributed by atoms with E-state index in [0.29, 0.717) is 17.4 Å². The van der Waals surface area contributed by atoms with Gasteiger partial charge in [-0.05, 0) is 36.4 Å². The zero-order valence-electron chi connectivity index (χ0n) is 13.1. The second-order valence-corrected chi connectivity index (χ2v) is 6.07. The van der Waals surface area contributed by atoms with Crippen LogP contribution in [0.2, 0.25) is 5.28 Å². The van der Waals surface area contributed by atoms with Crippen molar-refractivity contribution in [1.82, 2.24) is 9.97 Å². The maximum Gasteiger partial charge on any atom is 0.224 e. The van der Waals surface area contributed by atoms with Gasteiger partial charge in [-0.15, -0.1) is 0 Å². The summed E-state index contributed by atoms with van der Waals surface area (Å²) in [6.45, 7) is 4.23. The fraction of sp³-hybridized carbons (Fsp3) is 0.500. The lowest BCUT2D eigenvalue weighted by Gasteiger charge is -2.32. The summed E-state index contributed by atoms with van der Waals surface area (Å²) in [5, 5.41) is 1.20. The lowest BCUT2D eigenvalue weighted by Crippen LogP contribution is -2.35. The highest BCUT2D eigenvalue weighted by Crippen LogP contribution is 2.36. The lowest BCUT2D eigenvalue weighted by molar-refractivity contribution is 0.355. The number of anilines is 1. The van der Waals surface area contributed by atoms with Crippen LogP contribution in [0.3, 0.4) is 0 Å². The number of ether oxygens (including phenoxy) is 2. The van der Waals surface area contributed by atoms with E-state index in [0.717, 1.165) is 36.2 Å². The molecule has 1 aliphatic rings. The van der Waals surface area contributed by atoms with Crippen molar-refractivity contribution >= 4 is 28.3 Å². The zero-order valence-corrected chi connectivity index (χ0v) is 13.9. The van der Waals surface area contributed by atoms with Crippen molar-refractivity contribution in [3.8, 4) is 11.5 Å². The smallest absolute Gasteiger partial charge is 0.224 e. The fourth-order valence-electron chi connectivity index (χ4n) is 3.03. The van der Waals surface area contributed by atoms with Crippen LogP contribution in [-0.2, 0) is 0 Å². The molecule has 1 aromatic carbocycles. The van der Waals surface area contributed by atoms with Crippen molar-refractivity contribution in [2.45, 2.75) is 19.8 Å². The normalized spacial score (nSPS) is 18.5. The van der Waals surface area contributed by atoms with Crippen LogP contribution in [0.15, 0.2) is 12.1 Å². The van der Waals surface area contributed by atoms with Crippen LogP contribution < -0.4 is 14.4 Å². The first-order valence-electron chi connectivity index (χ1n) is 7.46. The molecule has 0 spiro atoms. The number of hydrogen-bond donors (Lipinski definition) is 0. The van der Waals surface area contributed by atoms with Crippen LogP contribution in [-0.4, -0.2) is 37.3 Å². The first-order chi connectivity index (χ1) is 10.6. The van der Waals surface area contributed by atoms with Gasteiger partial charge in [0, 0.05) is 24.5 Å².